The van der Waals surface area contributed by atoms with Gasteiger partial charge < -0.3 is 0 Å². The molecule has 1 nitrogen and oxygen atoms in total. The molecule has 1 aliphatic carbocycles. The van der Waals surface area contributed by atoms with Gasteiger partial charge in [-0.1, -0.05) is 42.5 Å². The van der Waals surface area contributed by atoms with Crippen molar-refractivity contribution in [1.82, 2.24) is 0 Å². The van der Waals surface area contributed by atoms with Crippen LogP contribution in [0.4, 0.5) is 0 Å². The SMILES string of the molecule is c1ccc2c(c1)C1=NCCc3cccc-2c31. The third-order valence-corrected chi connectivity index (χ3v) is 3.51. The van der Waals surface area contributed by atoms with E-state index in [0.717, 1.165) is 13.0 Å². The Morgan fingerprint density at radius 1 is 0.812 bits per heavy atom. The smallest absolute Gasteiger partial charge is 0.0734 e. The van der Waals surface area contributed by atoms with Crippen LogP contribution in [0.15, 0.2) is 47.5 Å². The molecular formula is C15H11N. The van der Waals surface area contributed by atoms with Crippen LogP contribution in [-0.2, 0) is 6.42 Å². The third-order valence-electron chi connectivity index (χ3n) is 3.51. The summed E-state index contributed by atoms with van der Waals surface area (Å²) in [5.41, 5.74) is 8.08. The summed E-state index contributed by atoms with van der Waals surface area (Å²) in [7, 11) is 0. The molecule has 0 aromatic heterocycles. The van der Waals surface area contributed by atoms with Gasteiger partial charge in [-0.15, -0.1) is 0 Å². The molecule has 76 valence electrons. The standard InChI is InChI=1S/C15H11N/c1-2-6-13-11(5-1)12-7-3-4-10-8-9-16-15(13)14(10)12/h1-7H,8-9H2. The number of benzene rings is 2. The maximum absolute atomic E-state index is 4.70. The monoisotopic (exact) mass is 205 g/mol. The Labute approximate surface area is 94.5 Å². The van der Waals surface area contributed by atoms with Gasteiger partial charge in [0, 0.05) is 17.7 Å². The first kappa shape index (κ1) is 8.28. The summed E-state index contributed by atoms with van der Waals surface area (Å²) < 4.78 is 0. The number of nitrogens with zero attached hydrogens (tertiary/aromatic N) is 1. The van der Waals surface area contributed by atoms with Crippen molar-refractivity contribution in [2.45, 2.75) is 6.42 Å². The van der Waals surface area contributed by atoms with Crippen LogP contribution in [0.2, 0.25) is 0 Å². The van der Waals surface area contributed by atoms with Gasteiger partial charge in [0.15, 0.2) is 0 Å². The van der Waals surface area contributed by atoms with E-state index in [1.807, 2.05) is 0 Å². The normalized spacial score (nSPS) is 15.4. The van der Waals surface area contributed by atoms with E-state index < -0.39 is 0 Å². The van der Waals surface area contributed by atoms with Crippen LogP contribution in [0.5, 0.6) is 0 Å². The first-order chi connectivity index (χ1) is 7.95. The van der Waals surface area contributed by atoms with Crippen LogP contribution in [0.25, 0.3) is 11.1 Å². The number of aliphatic imine (C=N–C) groups is 1. The Bertz CT molecular complexity index is 623. The average molecular weight is 205 g/mol. The van der Waals surface area contributed by atoms with Crippen LogP contribution in [0, 0.1) is 0 Å². The van der Waals surface area contributed by atoms with E-state index >= 15 is 0 Å². The van der Waals surface area contributed by atoms with E-state index in [9.17, 15) is 0 Å². The lowest BCUT2D eigenvalue weighted by molar-refractivity contribution is 0.948. The van der Waals surface area contributed by atoms with Gasteiger partial charge in [-0.2, -0.15) is 0 Å². The lowest BCUT2D eigenvalue weighted by Crippen LogP contribution is -2.10. The minimum atomic E-state index is 0.931. The van der Waals surface area contributed by atoms with E-state index in [1.54, 1.807) is 0 Å². The number of rotatable bonds is 0. The van der Waals surface area contributed by atoms with Crippen LogP contribution in [-0.4, -0.2) is 12.3 Å². The molecule has 1 heterocycles. The average Bonchev–Trinajstić information content (AvgIpc) is 2.68. The van der Waals surface area contributed by atoms with E-state index in [-0.39, 0.29) is 0 Å². The first-order valence-electron chi connectivity index (χ1n) is 5.71. The molecule has 0 atom stereocenters. The number of hydrogen-bond donors (Lipinski definition) is 0. The highest BCUT2D eigenvalue weighted by molar-refractivity contribution is 6.25. The summed E-state index contributed by atoms with van der Waals surface area (Å²) in [6.07, 6.45) is 1.08. The summed E-state index contributed by atoms with van der Waals surface area (Å²) in [5, 5.41) is 0. The highest BCUT2D eigenvalue weighted by Crippen LogP contribution is 2.39. The fourth-order valence-corrected chi connectivity index (χ4v) is 2.82. The van der Waals surface area contributed by atoms with Crippen LogP contribution in [0.3, 0.4) is 0 Å². The Balaban J connectivity index is 2.18. The Morgan fingerprint density at radius 3 is 2.56 bits per heavy atom. The van der Waals surface area contributed by atoms with Gasteiger partial charge in [0.1, 0.15) is 0 Å². The summed E-state index contributed by atoms with van der Waals surface area (Å²) in [6.45, 7) is 0.931. The molecule has 1 heteroatoms. The van der Waals surface area contributed by atoms with Crippen molar-refractivity contribution in [2.75, 3.05) is 6.54 Å². The zero-order valence-electron chi connectivity index (χ0n) is 8.90. The predicted octanol–water partition coefficient (Wildman–Crippen LogP) is 3.06. The molecule has 2 aliphatic rings. The van der Waals surface area contributed by atoms with Crippen molar-refractivity contribution in [3.8, 4) is 11.1 Å². The molecule has 0 saturated heterocycles. The van der Waals surface area contributed by atoms with Gasteiger partial charge in [-0.25, -0.2) is 0 Å². The zero-order chi connectivity index (χ0) is 10.5. The Morgan fingerprint density at radius 2 is 1.62 bits per heavy atom. The molecule has 0 saturated carbocycles. The molecule has 1 aliphatic heterocycles. The van der Waals surface area contributed by atoms with Crippen LogP contribution < -0.4 is 0 Å². The fraction of sp³-hybridized carbons (Fsp3) is 0.133. The molecule has 0 amide bonds. The van der Waals surface area contributed by atoms with Crippen molar-refractivity contribution in [2.24, 2.45) is 4.99 Å². The van der Waals surface area contributed by atoms with E-state index in [2.05, 4.69) is 42.5 Å². The first-order valence-corrected chi connectivity index (χ1v) is 5.71. The molecule has 16 heavy (non-hydrogen) atoms. The van der Waals surface area contributed by atoms with Crippen molar-refractivity contribution in [3.05, 3.63) is 59.2 Å². The zero-order valence-corrected chi connectivity index (χ0v) is 8.90. The minimum Gasteiger partial charge on any atom is -0.284 e. The Kier molecular flexibility index (Phi) is 1.46. The molecule has 0 spiro atoms. The van der Waals surface area contributed by atoms with Gasteiger partial charge >= 0.3 is 0 Å². The van der Waals surface area contributed by atoms with Crippen LogP contribution in [0.1, 0.15) is 16.7 Å². The minimum absolute atomic E-state index is 0.931. The largest absolute Gasteiger partial charge is 0.284 e. The Hall–Kier alpha value is -1.89. The topological polar surface area (TPSA) is 12.4 Å². The highest BCUT2D eigenvalue weighted by atomic mass is 14.8. The van der Waals surface area contributed by atoms with Crippen molar-refractivity contribution >= 4 is 5.71 Å². The summed E-state index contributed by atoms with van der Waals surface area (Å²) in [6, 6.07) is 15.2. The number of hydrogen-bond acceptors (Lipinski definition) is 1. The molecule has 0 bridgehead atoms. The molecular weight excluding hydrogens is 194 g/mol. The van der Waals surface area contributed by atoms with Gasteiger partial charge in [0.2, 0.25) is 0 Å². The van der Waals surface area contributed by atoms with Crippen molar-refractivity contribution in [3.63, 3.8) is 0 Å². The summed E-state index contributed by atoms with van der Waals surface area (Å²) in [4.78, 5) is 4.70. The lowest BCUT2D eigenvalue weighted by Gasteiger charge is -2.13. The molecule has 2 aromatic carbocycles. The van der Waals surface area contributed by atoms with Gasteiger partial charge in [-0.05, 0) is 23.1 Å². The number of fused-ring (bicyclic) bond motifs is 3. The van der Waals surface area contributed by atoms with Gasteiger partial charge in [-0.3, -0.25) is 4.99 Å². The van der Waals surface area contributed by atoms with Crippen LogP contribution >= 0.6 is 0 Å². The molecule has 0 unspecified atom stereocenters. The quantitative estimate of drug-likeness (QED) is 0.535. The maximum Gasteiger partial charge on any atom is 0.0734 e. The fourth-order valence-electron chi connectivity index (χ4n) is 2.82. The van der Waals surface area contributed by atoms with E-state index in [4.69, 9.17) is 4.99 Å². The second kappa shape index (κ2) is 2.82. The molecule has 0 fully saturated rings. The summed E-state index contributed by atoms with van der Waals surface area (Å²) >= 11 is 0. The lowest BCUT2D eigenvalue weighted by atomic mass is 9.96. The third kappa shape index (κ3) is 0.884. The van der Waals surface area contributed by atoms with E-state index in [1.165, 1.54) is 33.5 Å². The maximum atomic E-state index is 4.70. The predicted molar refractivity (Wildman–Crippen MR) is 66.1 cm³/mol. The second-order valence-electron chi connectivity index (χ2n) is 4.37. The molecule has 0 radical (unpaired) electrons. The van der Waals surface area contributed by atoms with Crippen molar-refractivity contribution in [1.29, 1.82) is 0 Å². The molecule has 0 N–H and O–H groups in total. The molecule has 4 rings (SSSR count). The van der Waals surface area contributed by atoms with E-state index in [0.29, 0.717) is 0 Å². The summed E-state index contributed by atoms with van der Waals surface area (Å²) in [5.74, 6) is 0. The molecule has 2 aromatic rings. The second-order valence-corrected chi connectivity index (χ2v) is 4.37. The van der Waals surface area contributed by atoms with Gasteiger partial charge in [0.25, 0.3) is 0 Å². The van der Waals surface area contributed by atoms with Gasteiger partial charge in [0.05, 0.1) is 5.71 Å². The highest BCUT2D eigenvalue weighted by Gasteiger charge is 2.28. The van der Waals surface area contributed by atoms with Crippen molar-refractivity contribution < 1.29 is 0 Å².